The van der Waals surface area contributed by atoms with Crippen LogP contribution in [-0.2, 0) is 23.0 Å². The number of nitrogens with one attached hydrogen (secondary N) is 2. The lowest BCUT2D eigenvalue weighted by Crippen LogP contribution is -2.38. The molecule has 0 aliphatic rings. The lowest BCUT2D eigenvalue weighted by Gasteiger charge is -2.12. The Morgan fingerprint density at radius 2 is 1.79 bits per heavy atom. The lowest BCUT2D eigenvalue weighted by molar-refractivity contribution is 0.520. The first-order chi connectivity index (χ1) is 13.3. The van der Waals surface area contributed by atoms with Crippen LogP contribution in [0.15, 0.2) is 58.4 Å². The summed E-state index contributed by atoms with van der Waals surface area (Å²) in [4.78, 5) is 4.77. The zero-order chi connectivity index (χ0) is 20.6. The molecule has 0 spiro atoms. The molecule has 2 aromatic rings. The Balaban J connectivity index is 1.96. The molecule has 6 nitrogen and oxygen atoms in total. The third-order valence-electron chi connectivity index (χ3n) is 4.06. The predicted molar refractivity (Wildman–Crippen MR) is 110 cm³/mol. The second-order valence-electron chi connectivity index (χ2n) is 6.43. The Morgan fingerprint density at radius 3 is 2.39 bits per heavy atom. The van der Waals surface area contributed by atoms with E-state index in [1.54, 1.807) is 30.3 Å². The summed E-state index contributed by atoms with van der Waals surface area (Å²) in [7, 11) is -0.418. The maximum atomic E-state index is 13.2. The molecule has 0 heterocycles. The van der Waals surface area contributed by atoms with Gasteiger partial charge in [-0.3, -0.25) is 0 Å². The fourth-order valence-corrected chi connectivity index (χ4v) is 3.41. The molecular weight excluding hydrogens is 379 g/mol. The van der Waals surface area contributed by atoms with Crippen LogP contribution in [0.5, 0.6) is 0 Å². The molecular formula is C20H27FN4O2S. The summed E-state index contributed by atoms with van der Waals surface area (Å²) in [5.41, 5.74) is 1.82. The van der Waals surface area contributed by atoms with Crippen molar-refractivity contribution < 1.29 is 12.8 Å². The summed E-state index contributed by atoms with van der Waals surface area (Å²) in [6, 6.07) is 13.2. The van der Waals surface area contributed by atoms with E-state index in [0.29, 0.717) is 32.0 Å². The Kier molecular flexibility index (Phi) is 7.95. The molecule has 0 aliphatic carbocycles. The zero-order valence-corrected chi connectivity index (χ0v) is 17.3. The van der Waals surface area contributed by atoms with Crippen LogP contribution in [0.3, 0.4) is 0 Å². The molecule has 0 aromatic heterocycles. The van der Waals surface area contributed by atoms with Gasteiger partial charge in [-0.25, -0.2) is 22.1 Å². The maximum absolute atomic E-state index is 13.2. The first kappa shape index (κ1) is 21.8. The summed E-state index contributed by atoms with van der Waals surface area (Å²) < 4.78 is 38.6. The van der Waals surface area contributed by atoms with Crippen molar-refractivity contribution in [2.75, 3.05) is 27.2 Å². The minimum Gasteiger partial charge on any atom is -0.357 e. The fourth-order valence-electron chi connectivity index (χ4n) is 2.51. The molecule has 0 radical (unpaired) electrons. The van der Waals surface area contributed by atoms with Crippen molar-refractivity contribution in [3.05, 3.63) is 65.5 Å². The summed E-state index contributed by atoms with van der Waals surface area (Å²) in [6.45, 7) is 3.73. The van der Waals surface area contributed by atoms with Crippen LogP contribution in [-0.4, -0.2) is 45.9 Å². The van der Waals surface area contributed by atoms with Crippen molar-refractivity contribution in [3.63, 3.8) is 0 Å². The normalized spacial score (nSPS) is 12.2. The van der Waals surface area contributed by atoms with Gasteiger partial charge >= 0.3 is 0 Å². The van der Waals surface area contributed by atoms with Gasteiger partial charge in [-0.2, -0.15) is 0 Å². The molecule has 2 N–H and O–H groups in total. The first-order valence-corrected chi connectivity index (χ1v) is 10.5. The Labute approximate surface area is 166 Å². The van der Waals surface area contributed by atoms with Gasteiger partial charge in [-0.1, -0.05) is 24.3 Å². The van der Waals surface area contributed by atoms with Gasteiger partial charge in [0.1, 0.15) is 5.82 Å². The number of hydrogen-bond donors (Lipinski definition) is 2. The molecule has 8 heteroatoms. The standard InChI is InChI=1S/C20H27FN4O2S/c1-4-22-20(23-13-12-16-6-5-7-18(21)14-16)24-15-17-8-10-19(11-9-17)28(26,27)25(2)3/h5-11,14H,4,12-13,15H2,1-3H3,(H2,22,23,24). The van der Waals surface area contributed by atoms with Crippen LogP contribution in [0.25, 0.3) is 0 Å². The molecule has 28 heavy (non-hydrogen) atoms. The quantitative estimate of drug-likeness (QED) is 0.521. The second kappa shape index (κ2) is 10.2. The molecule has 152 valence electrons. The number of nitrogens with zero attached hydrogens (tertiary/aromatic N) is 2. The van der Waals surface area contributed by atoms with E-state index in [2.05, 4.69) is 15.6 Å². The third kappa shape index (κ3) is 6.31. The maximum Gasteiger partial charge on any atom is 0.242 e. The number of sulfonamides is 1. The first-order valence-electron chi connectivity index (χ1n) is 9.11. The highest BCUT2D eigenvalue weighted by atomic mass is 32.2. The van der Waals surface area contributed by atoms with Crippen molar-refractivity contribution in [2.45, 2.75) is 24.8 Å². The molecule has 0 saturated carbocycles. The van der Waals surface area contributed by atoms with E-state index in [4.69, 9.17) is 0 Å². The van der Waals surface area contributed by atoms with E-state index in [9.17, 15) is 12.8 Å². The van der Waals surface area contributed by atoms with E-state index in [1.807, 2.05) is 13.0 Å². The van der Waals surface area contributed by atoms with Gasteiger partial charge in [0.05, 0.1) is 11.4 Å². The second-order valence-corrected chi connectivity index (χ2v) is 8.59. The minimum atomic E-state index is -3.43. The van der Waals surface area contributed by atoms with Crippen LogP contribution in [0.2, 0.25) is 0 Å². The van der Waals surface area contributed by atoms with Gasteiger partial charge in [0.2, 0.25) is 10.0 Å². The molecule has 0 amide bonds. The lowest BCUT2D eigenvalue weighted by atomic mass is 10.1. The van der Waals surface area contributed by atoms with Crippen LogP contribution < -0.4 is 10.6 Å². The fraction of sp³-hybridized carbons (Fsp3) is 0.350. The molecule has 2 rings (SSSR count). The number of aliphatic imine (C=N–C) groups is 1. The summed E-state index contributed by atoms with van der Waals surface area (Å²) in [5, 5.41) is 6.39. The van der Waals surface area contributed by atoms with Crippen molar-refractivity contribution in [2.24, 2.45) is 4.99 Å². The summed E-state index contributed by atoms with van der Waals surface area (Å²) in [5.74, 6) is 0.418. The average molecular weight is 407 g/mol. The third-order valence-corrected chi connectivity index (χ3v) is 5.89. The van der Waals surface area contributed by atoms with Gasteiger partial charge in [0.25, 0.3) is 0 Å². The van der Waals surface area contributed by atoms with Crippen LogP contribution in [0.1, 0.15) is 18.1 Å². The Morgan fingerprint density at radius 1 is 1.07 bits per heavy atom. The smallest absolute Gasteiger partial charge is 0.242 e. The van der Waals surface area contributed by atoms with Crippen LogP contribution in [0.4, 0.5) is 4.39 Å². The van der Waals surface area contributed by atoms with Crippen LogP contribution >= 0.6 is 0 Å². The van der Waals surface area contributed by atoms with Crippen molar-refractivity contribution in [1.82, 2.24) is 14.9 Å². The number of guanidine groups is 1. The minimum absolute atomic E-state index is 0.238. The van der Waals surface area contributed by atoms with Gasteiger partial charge in [-0.05, 0) is 48.7 Å². The highest BCUT2D eigenvalue weighted by molar-refractivity contribution is 7.89. The molecule has 0 aliphatic heterocycles. The molecule has 0 atom stereocenters. The van der Waals surface area contributed by atoms with Crippen LogP contribution in [0, 0.1) is 5.82 Å². The SMILES string of the molecule is CCNC(=NCc1ccc(S(=O)(=O)N(C)C)cc1)NCCc1cccc(F)c1. The van der Waals surface area contributed by atoms with E-state index >= 15 is 0 Å². The van der Waals surface area contributed by atoms with E-state index in [0.717, 1.165) is 11.1 Å². The average Bonchev–Trinajstić information content (AvgIpc) is 2.66. The van der Waals surface area contributed by atoms with Gasteiger partial charge < -0.3 is 10.6 Å². The zero-order valence-electron chi connectivity index (χ0n) is 16.4. The largest absolute Gasteiger partial charge is 0.357 e. The summed E-state index contributed by atoms with van der Waals surface area (Å²) in [6.07, 6.45) is 0.680. The van der Waals surface area contributed by atoms with Gasteiger partial charge in [0.15, 0.2) is 5.96 Å². The molecule has 0 unspecified atom stereocenters. The number of halogens is 1. The highest BCUT2D eigenvalue weighted by Gasteiger charge is 2.16. The monoisotopic (exact) mass is 406 g/mol. The van der Waals surface area contributed by atoms with Crippen molar-refractivity contribution in [3.8, 4) is 0 Å². The number of benzene rings is 2. The molecule has 0 saturated heterocycles. The van der Waals surface area contributed by atoms with E-state index in [-0.39, 0.29) is 10.7 Å². The predicted octanol–water partition coefficient (Wildman–Crippen LogP) is 2.37. The number of hydrogen-bond acceptors (Lipinski definition) is 3. The summed E-state index contributed by atoms with van der Waals surface area (Å²) >= 11 is 0. The molecule has 0 bridgehead atoms. The number of rotatable bonds is 8. The van der Waals surface area contributed by atoms with Crippen molar-refractivity contribution in [1.29, 1.82) is 0 Å². The van der Waals surface area contributed by atoms with E-state index < -0.39 is 10.0 Å². The van der Waals surface area contributed by atoms with Gasteiger partial charge in [-0.15, -0.1) is 0 Å². The molecule has 0 fully saturated rings. The molecule has 2 aromatic carbocycles. The topological polar surface area (TPSA) is 73.8 Å². The highest BCUT2D eigenvalue weighted by Crippen LogP contribution is 2.14. The Bertz CT molecular complexity index is 897. The Hall–Kier alpha value is -2.45. The van der Waals surface area contributed by atoms with Gasteiger partial charge in [0, 0.05) is 27.2 Å². The van der Waals surface area contributed by atoms with E-state index in [1.165, 1.54) is 30.5 Å². The van der Waals surface area contributed by atoms with Crippen molar-refractivity contribution >= 4 is 16.0 Å².